The molecule has 0 saturated heterocycles. The van der Waals surface area contributed by atoms with E-state index in [9.17, 15) is 4.79 Å². The average Bonchev–Trinajstić information content (AvgIpc) is 2.61. The van der Waals surface area contributed by atoms with E-state index in [2.05, 4.69) is 4.98 Å². The smallest absolute Gasteiger partial charge is 0.268 e. The van der Waals surface area contributed by atoms with Crippen LogP contribution in [0.2, 0.25) is 0 Å². The molecule has 0 aliphatic carbocycles. The van der Waals surface area contributed by atoms with Crippen LogP contribution in [0, 0.1) is 25.2 Å². The predicted molar refractivity (Wildman–Crippen MR) is 60.5 cm³/mol. The van der Waals surface area contributed by atoms with Gasteiger partial charge < -0.3 is 8.98 Å². The van der Waals surface area contributed by atoms with Crippen LogP contribution in [0.3, 0.4) is 0 Å². The third-order valence-electron chi connectivity index (χ3n) is 2.52. The number of nitriles is 1. The van der Waals surface area contributed by atoms with Gasteiger partial charge in [-0.15, -0.1) is 0 Å². The van der Waals surface area contributed by atoms with Crippen molar-refractivity contribution in [1.29, 1.82) is 5.26 Å². The highest BCUT2D eigenvalue weighted by atomic mass is 16.4. The molecule has 0 saturated carbocycles. The van der Waals surface area contributed by atoms with Gasteiger partial charge in [-0.3, -0.25) is 4.79 Å². The van der Waals surface area contributed by atoms with Gasteiger partial charge in [-0.05, 0) is 26.0 Å². The third kappa shape index (κ3) is 2.11. The first-order chi connectivity index (χ1) is 8.11. The van der Waals surface area contributed by atoms with Gasteiger partial charge in [0, 0.05) is 6.20 Å². The second kappa shape index (κ2) is 4.26. The van der Waals surface area contributed by atoms with Gasteiger partial charge in [0.1, 0.15) is 23.9 Å². The lowest BCUT2D eigenvalue weighted by Crippen LogP contribution is -2.22. The Balaban J connectivity index is 2.37. The van der Waals surface area contributed by atoms with Gasteiger partial charge in [0.05, 0.1) is 5.69 Å². The van der Waals surface area contributed by atoms with Crippen LogP contribution >= 0.6 is 0 Å². The molecule has 0 bridgehead atoms. The normalized spacial score (nSPS) is 10.2. The summed E-state index contributed by atoms with van der Waals surface area (Å²) in [5, 5.41) is 8.75. The topological polar surface area (TPSA) is 71.8 Å². The third-order valence-corrected chi connectivity index (χ3v) is 2.52. The van der Waals surface area contributed by atoms with Crippen molar-refractivity contribution in [1.82, 2.24) is 9.55 Å². The van der Waals surface area contributed by atoms with E-state index in [0.717, 1.165) is 11.5 Å². The molecule has 0 aliphatic heterocycles. The zero-order valence-corrected chi connectivity index (χ0v) is 9.60. The Morgan fingerprint density at radius 1 is 1.53 bits per heavy atom. The van der Waals surface area contributed by atoms with Crippen LogP contribution in [0.15, 0.2) is 27.5 Å². The van der Waals surface area contributed by atoms with Crippen LogP contribution in [-0.4, -0.2) is 9.55 Å². The van der Waals surface area contributed by atoms with E-state index in [1.165, 1.54) is 10.6 Å². The molecule has 0 fully saturated rings. The lowest BCUT2D eigenvalue weighted by atomic mass is 10.3. The number of hydrogen-bond donors (Lipinski definition) is 0. The number of hydrogen-bond acceptors (Lipinski definition) is 4. The number of nitrogens with zero attached hydrogens (tertiary/aromatic N) is 3. The second-order valence-corrected chi connectivity index (χ2v) is 3.72. The molecule has 0 unspecified atom stereocenters. The molecule has 0 amide bonds. The molecule has 2 aromatic rings. The van der Waals surface area contributed by atoms with Gasteiger partial charge in [-0.25, -0.2) is 4.98 Å². The molecule has 5 heteroatoms. The maximum Gasteiger partial charge on any atom is 0.268 e. The first kappa shape index (κ1) is 11.1. The largest absolute Gasteiger partial charge is 0.444 e. The molecule has 0 aliphatic rings. The molecule has 0 aromatic carbocycles. The minimum absolute atomic E-state index is 0.118. The summed E-state index contributed by atoms with van der Waals surface area (Å²) in [4.78, 5) is 16.0. The number of aromatic nitrogens is 2. The van der Waals surface area contributed by atoms with Gasteiger partial charge >= 0.3 is 0 Å². The Morgan fingerprint density at radius 2 is 2.29 bits per heavy atom. The molecule has 2 heterocycles. The summed E-state index contributed by atoms with van der Waals surface area (Å²) in [6, 6.07) is 5.00. The van der Waals surface area contributed by atoms with E-state index in [0.29, 0.717) is 5.89 Å². The van der Waals surface area contributed by atoms with Gasteiger partial charge in [-0.2, -0.15) is 5.26 Å². The van der Waals surface area contributed by atoms with Gasteiger partial charge in [0.2, 0.25) is 5.89 Å². The summed E-state index contributed by atoms with van der Waals surface area (Å²) in [6.07, 6.45) is 1.61. The van der Waals surface area contributed by atoms with Crippen molar-refractivity contribution in [2.75, 3.05) is 0 Å². The standard InChI is InChI=1S/C12H11N3O2/c1-8-9(2)17-11(14-8)7-15-5-3-4-10(6-13)12(15)16/h3-5H,7H2,1-2H3. The fourth-order valence-corrected chi connectivity index (χ4v) is 1.50. The molecule has 0 N–H and O–H groups in total. The van der Waals surface area contributed by atoms with Gasteiger partial charge in [0.15, 0.2) is 0 Å². The molecule has 17 heavy (non-hydrogen) atoms. The first-order valence-electron chi connectivity index (χ1n) is 5.14. The zero-order valence-electron chi connectivity index (χ0n) is 9.60. The molecule has 2 aromatic heterocycles. The summed E-state index contributed by atoms with van der Waals surface area (Å²) in [5.41, 5.74) is 0.598. The molecule has 5 nitrogen and oxygen atoms in total. The molecular weight excluding hydrogens is 218 g/mol. The molecule has 2 rings (SSSR count). The molecule has 0 radical (unpaired) electrons. The highest BCUT2D eigenvalue weighted by molar-refractivity contribution is 5.25. The summed E-state index contributed by atoms with van der Waals surface area (Å²) < 4.78 is 6.80. The highest BCUT2D eigenvalue weighted by Crippen LogP contribution is 2.08. The van der Waals surface area contributed by atoms with Crippen molar-refractivity contribution in [2.45, 2.75) is 20.4 Å². The number of oxazole rings is 1. The van der Waals surface area contributed by atoms with E-state index < -0.39 is 0 Å². The second-order valence-electron chi connectivity index (χ2n) is 3.72. The number of aryl methyl sites for hydroxylation is 2. The van der Waals surface area contributed by atoms with E-state index >= 15 is 0 Å². The van der Waals surface area contributed by atoms with Crippen molar-refractivity contribution >= 4 is 0 Å². The Labute approximate surface area is 97.9 Å². The van der Waals surface area contributed by atoms with Gasteiger partial charge in [0.25, 0.3) is 5.56 Å². The Kier molecular flexibility index (Phi) is 2.79. The van der Waals surface area contributed by atoms with Crippen molar-refractivity contribution in [2.24, 2.45) is 0 Å². The zero-order chi connectivity index (χ0) is 12.4. The molecular formula is C12H11N3O2. The van der Waals surface area contributed by atoms with Crippen LogP contribution in [0.4, 0.5) is 0 Å². The van der Waals surface area contributed by atoms with Crippen LogP contribution in [0.25, 0.3) is 0 Å². The Bertz CT molecular complexity index is 627. The minimum Gasteiger partial charge on any atom is -0.444 e. The molecule has 0 atom stereocenters. The predicted octanol–water partition coefficient (Wildman–Crippen LogP) is 1.37. The summed E-state index contributed by atoms with van der Waals surface area (Å²) >= 11 is 0. The van der Waals surface area contributed by atoms with Crippen LogP contribution in [0.1, 0.15) is 22.9 Å². The quantitative estimate of drug-likeness (QED) is 0.779. The van der Waals surface area contributed by atoms with E-state index in [1.54, 1.807) is 12.3 Å². The molecule has 86 valence electrons. The van der Waals surface area contributed by atoms with Crippen LogP contribution in [-0.2, 0) is 6.54 Å². The lowest BCUT2D eigenvalue weighted by Gasteiger charge is -2.01. The maximum atomic E-state index is 11.8. The number of pyridine rings is 1. The maximum absolute atomic E-state index is 11.8. The SMILES string of the molecule is Cc1nc(Cn2cccc(C#N)c2=O)oc1C. The van der Waals surface area contributed by atoms with Crippen molar-refractivity contribution in [3.05, 3.63) is 51.6 Å². The summed E-state index contributed by atoms with van der Waals surface area (Å²) in [5.74, 6) is 1.21. The fourth-order valence-electron chi connectivity index (χ4n) is 1.50. The highest BCUT2D eigenvalue weighted by Gasteiger charge is 2.08. The van der Waals surface area contributed by atoms with Crippen molar-refractivity contribution in [3.8, 4) is 6.07 Å². The monoisotopic (exact) mass is 229 g/mol. The lowest BCUT2D eigenvalue weighted by molar-refractivity contribution is 0.454. The Morgan fingerprint density at radius 3 is 2.88 bits per heavy atom. The fraction of sp³-hybridized carbons (Fsp3) is 0.250. The number of rotatable bonds is 2. The first-order valence-corrected chi connectivity index (χ1v) is 5.14. The Hall–Kier alpha value is -2.35. The van der Waals surface area contributed by atoms with Gasteiger partial charge in [-0.1, -0.05) is 0 Å². The average molecular weight is 229 g/mol. The van der Waals surface area contributed by atoms with E-state index in [-0.39, 0.29) is 17.7 Å². The van der Waals surface area contributed by atoms with Crippen molar-refractivity contribution in [3.63, 3.8) is 0 Å². The molecule has 0 spiro atoms. The summed E-state index contributed by atoms with van der Waals surface area (Å²) in [7, 11) is 0. The van der Waals surface area contributed by atoms with Crippen LogP contribution in [0.5, 0.6) is 0 Å². The summed E-state index contributed by atoms with van der Waals surface area (Å²) in [6.45, 7) is 3.90. The van der Waals surface area contributed by atoms with E-state index in [4.69, 9.17) is 9.68 Å². The van der Waals surface area contributed by atoms with Crippen LogP contribution < -0.4 is 5.56 Å². The van der Waals surface area contributed by atoms with E-state index in [1.807, 2.05) is 19.9 Å². The minimum atomic E-state index is -0.330. The van der Waals surface area contributed by atoms with Crippen molar-refractivity contribution < 1.29 is 4.42 Å².